The Morgan fingerprint density at radius 3 is 2.62 bits per heavy atom. The molecule has 2 fully saturated rings. The van der Waals surface area contributed by atoms with Gasteiger partial charge >= 0.3 is 6.18 Å². The molecule has 0 spiro atoms. The third kappa shape index (κ3) is 2.59. The standard InChI is InChI=1S/C16H17F3N2/c17-16(18,19)14-7-6-13(9-12(14)10-20)21-8-2-4-11-3-1-5-15(11)21/h6-7,9,11,15H,1-5,8H2. The highest BCUT2D eigenvalue weighted by Gasteiger charge is 2.37. The molecule has 1 saturated heterocycles. The average Bonchev–Trinajstić information content (AvgIpc) is 2.93. The van der Waals surface area contributed by atoms with Gasteiger partial charge in [0.2, 0.25) is 0 Å². The molecule has 0 radical (unpaired) electrons. The first kappa shape index (κ1) is 14.2. The van der Waals surface area contributed by atoms with Crippen LogP contribution >= 0.6 is 0 Å². The molecule has 1 aliphatic heterocycles. The van der Waals surface area contributed by atoms with Gasteiger partial charge < -0.3 is 4.90 Å². The largest absolute Gasteiger partial charge is 0.417 e. The van der Waals surface area contributed by atoms with Crippen molar-refractivity contribution in [3.05, 3.63) is 29.3 Å². The number of hydrogen-bond acceptors (Lipinski definition) is 2. The number of alkyl halides is 3. The Kier molecular flexibility index (Phi) is 3.56. The second-order valence-electron chi connectivity index (χ2n) is 5.93. The maximum atomic E-state index is 12.9. The van der Waals surface area contributed by atoms with Crippen molar-refractivity contribution in [1.29, 1.82) is 5.26 Å². The van der Waals surface area contributed by atoms with E-state index in [1.54, 1.807) is 6.07 Å². The van der Waals surface area contributed by atoms with Gasteiger partial charge in [-0.15, -0.1) is 0 Å². The number of nitrogens with zero attached hydrogens (tertiary/aromatic N) is 2. The number of anilines is 1. The summed E-state index contributed by atoms with van der Waals surface area (Å²) in [6.07, 6.45) is 1.33. The molecule has 112 valence electrons. The van der Waals surface area contributed by atoms with Crippen LogP contribution in [0, 0.1) is 17.2 Å². The van der Waals surface area contributed by atoms with Crippen LogP contribution < -0.4 is 4.90 Å². The fraction of sp³-hybridized carbons (Fsp3) is 0.562. The SMILES string of the molecule is N#Cc1cc(N2CCCC3CCCC32)ccc1C(F)(F)F. The number of hydrogen-bond donors (Lipinski definition) is 0. The Morgan fingerprint density at radius 2 is 1.90 bits per heavy atom. The molecule has 1 aromatic carbocycles. The van der Waals surface area contributed by atoms with Crippen molar-refractivity contribution in [1.82, 2.24) is 0 Å². The van der Waals surface area contributed by atoms with Gasteiger partial charge in [-0.3, -0.25) is 0 Å². The van der Waals surface area contributed by atoms with Crippen molar-refractivity contribution in [2.24, 2.45) is 5.92 Å². The van der Waals surface area contributed by atoms with Gasteiger partial charge in [0.05, 0.1) is 17.2 Å². The minimum Gasteiger partial charge on any atom is -0.368 e. The molecule has 0 N–H and O–H groups in total. The molecular weight excluding hydrogens is 277 g/mol. The Balaban J connectivity index is 1.94. The van der Waals surface area contributed by atoms with Crippen LogP contribution in [0.3, 0.4) is 0 Å². The molecule has 2 atom stereocenters. The van der Waals surface area contributed by atoms with Crippen LogP contribution in [0.5, 0.6) is 0 Å². The minimum absolute atomic E-state index is 0.278. The molecule has 1 aliphatic carbocycles. The van der Waals surface area contributed by atoms with E-state index in [-0.39, 0.29) is 5.56 Å². The van der Waals surface area contributed by atoms with E-state index >= 15 is 0 Å². The van der Waals surface area contributed by atoms with Gasteiger partial charge in [-0.25, -0.2) is 0 Å². The second kappa shape index (κ2) is 5.25. The summed E-state index contributed by atoms with van der Waals surface area (Å²) in [4.78, 5) is 2.21. The molecule has 2 nitrogen and oxygen atoms in total. The highest BCUT2D eigenvalue weighted by atomic mass is 19.4. The quantitative estimate of drug-likeness (QED) is 0.770. The van der Waals surface area contributed by atoms with Crippen molar-refractivity contribution in [3.8, 4) is 6.07 Å². The summed E-state index contributed by atoms with van der Waals surface area (Å²) in [7, 11) is 0. The number of nitriles is 1. The molecule has 1 saturated carbocycles. The lowest BCUT2D eigenvalue weighted by atomic mass is 9.91. The van der Waals surface area contributed by atoms with Crippen LogP contribution in [0.25, 0.3) is 0 Å². The molecule has 1 heterocycles. The lowest BCUT2D eigenvalue weighted by molar-refractivity contribution is -0.137. The van der Waals surface area contributed by atoms with Crippen LogP contribution in [0.2, 0.25) is 0 Å². The molecule has 3 rings (SSSR count). The molecule has 2 unspecified atom stereocenters. The van der Waals surface area contributed by atoms with Gasteiger partial charge in [-0.05, 0) is 49.8 Å². The average molecular weight is 294 g/mol. The van der Waals surface area contributed by atoms with Gasteiger partial charge in [-0.1, -0.05) is 6.42 Å². The maximum absolute atomic E-state index is 12.9. The molecule has 0 amide bonds. The van der Waals surface area contributed by atoms with E-state index in [4.69, 9.17) is 5.26 Å². The van der Waals surface area contributed by atoms with Crippen LogP contribution in [-0.2, 0) is 6.18 Å². The second-order valence-corrected chi connectivity index (χ2v) is 5.93. The van der Waals surface area contributed by atoms with Crippen molar-refractivity contribution in [2.45, 2.75) is 44.3 Å². The summed E-state index contributed by atoms with van der Waals surface area (Å²) in [5, 5.41) is 9.02. The molecule has 0 bridgehead atoms. The van der Waals surface area contributed by atoms with E-state index in [9.17, 15) is 13.2 Å². The summed E-state index contributed by atoms with van der Waals surface area (Å²) < 4.78 is 38.6. The van der Waals surface area contributed by atoms with E-state index in [0.29, 0.717) is 12.0 Å². The minimum atomic E-state index is -4.47. The Labute approximate surface area is 122 Å². The zero-order valence-corrected chi connectivity index (χ0v) is 11.7. The monoisotopic (exact) mass is 294 g/mol. The number of benzene rings is 1. The van der Waals surface area contributed by atoms with Gasteiger partial charge in [0.1, 0.15) is 0 Å². The maximum Gasteiger partial charge on any atom is 0.417 e. The number of piperidine rings is 1. The Bertz CT molecular complexity index is 574. The van der Waals surface area contributed by atoms with E-state index in [1.165, 1.54) is 31.4 Å². The lowest BCUT2D eigenvalue weighted by Gasteiger charge is -2.39. The molecular formula is C16H17F3N2. The van der Waals surface area contributed by atoms with Gasteiger partial charge in [0.15, 0.2) is 0 Å². The van der Waals surface area contributed by atoms with Gasteiger partial charge in [0.25, 0.3) is 0 Å². The first-order chi connectivity index (χ1) is 10.0. The zero-order valence-electron chi connectivity index (χ0n) is 11.7. The van der Waals surface area contributed by atoms with Gasteiger partial charge in [0, 0.05) is 18.3 Å². The number of fused-ring (bicyclic) bond motifs is 1. The number of rotatable bonds is 1. The third-order valence-corrected chi connectivity index (χ3v) is 4.75. The summed E-state index contributed by atoms with van der Waals surface area (Å²) in [6.45, 7) is 0.872. The third-order valence-electron chi connectivity index (χ3n) is 4.75. The van der Waals surface area contributed by atoms with Crippen molar-refractivity contribution < 1.29 is 13.2 Å². The lowest BCUT2D eigenvalue weighted by Crippen LogP contribution is -2.42. The summed E-state index contributed by atoms with van der Waals surface area (Å²) >= 11 is 0. The van der Waals surface area contributed by atoms with Crippen LogP contribution in [0.15, 0.2) is 18.2 Å². The normalized spacial score (nSPS) is 25.5. The van der Waals surface area contributed by atoms with E-state index in [2.05, 4.69) is 4.90 Å². The predicted octanol–water partition coefficient (Wildman–Crippen LogP) is 4.35. The fourth-order valence-corrected chi connectivity index (χ4v) is 3.83. The van der Waals surface area contributed by atoms with Crippen molar-refractivity contribution in [3.63, 3.8) is 0 Å². The first-order valence-electron chi connectivity index (χ1n) is 7.38. The van der Waals surface area contributed by atoms with Crippen LogP contribution in [-0.4, -0.2) is 12.6 Å². The summed E-state index contributed by atoms with van der Waals surface area (Å²) in [5.41, 5.74) is -0.356. The number of halogens is 3. The molecule has 0 aromatic heterocycles. The molecule has 1 aromatic rings. The van der Waals surface area contributed by atoms with Crippen LogP contribution in [0.4, 0.5) is 18.9 Å². The van der Waals surface area contributed by atoms with Gasteiger partial charge in [-0.2, -0.15) is 18.4 Å². The molecule has 21 heavy (non-hydrogen) atoms. The zero-order chi connectivity index (χ0) is 15.0. The molecule has 2 aliphatic rings. The van der Waals surface area contributed by atoms with Crippen LogP contribution in [0.1, 0.15) is 43.2 Å². The highest BCUT2D eigenvalue weighted by molar-refractivity contribution is 5.56. The topological polar surface area (TPSA) is 27.0 Å². The predicted molar refractivity (Wildman–Crippen MR) is 73.9 cm³/mol. The smallest absolute Gasteiger partial charge is 0.368 e. The Morgan fingerprint density at radius 1 is 1.14 bits per heavy atom. The summed E-state index contributed by atoms with van der Waals surface area (Å²) in [6, 6.07) is 6.10. The van der Waals surface area contributed by atoms with E-state index in [0.717, 1.165) is 31.1 Å². The fourth-order valence-electron chi connectivity index (χ4n) is 3.83. The van der Waals surface area contributed by atoms with E-state index in [1.807, 2.05) is 0 Å². The van der Waals surface area contributed by atoms with E-state index < -0.39 is 11.7 Å². The first-order valence-corrected chi connectivity index (χ1v) is 7.38. The van der Waals surface area contributed by atoms with Crippen molar-refractivity contribution in [2.75, 3.05) is 11.4 Å². The molecule has 5 heteroatoms. The summed E-state index contributed by atoms with van der Waals surface area (Å²) in [5.74, 6) is 0.659. The van der Waals surface area contributed by atoms with Crippen molar-refractivity contribution >= 4 is 5.69 Å². The Hall–Kier alpha value is -1.70. The highest BCUT2D eigenvalue weighted by Crippen LogP contribution is 2.40.